The first-order chi connectivity index (χ1) is 9.61. The van der Waals surface area contributed by atoms with Crippen molar-refractivity contribution in [1.82, 2.24) is 10.3 Å². The van der Waals surface area contributed by atoms with E-state index in [0.717, 1.165) is 10.2 Å². The van der Waals surface area contributed by atoms with Crippen LogP contribution in [-0.4, -0.2) is 31.3 Å². The lowest BCUT2D eigenvalue weighted by Gasteiger charge is -2.05. The van der Waals surface area contributed by atoms with E-state index < -0.39 is 0 Å². The molecule has 0 fully saturated rings. The van der Waals surface area contributed by atoms with Gasteiger partial charge in [0.25, 0.3) is 0 Å². The lowest BCUT2D eigenvalue weighted by atomic mass is 10.0. The van der Waals surface area contributed by atoms with Gasteiger partial charge in [-0.25, -0.2) is 9.78 Å². The molecule has 6 heteroatoms. The minimum Gasteiger partial charge on any atom is -0.383 e. The van der Waals surface area contributed by atoms with E-state index >= 15 is 0 Å². The van der Waals surface area contributed by atoms with Gasteiger partial charge >= 0.3 is 6.03 Å². The molecule has 20 heavy (non-hydrogen) atoms. The Bertz CT molecular complexity index is 595. The lowest BCUT2D eigenvalue weighted by molar-refractivity contribution is 0.198. The quantitative estimate of drug-likeness (QED) is 0.832. The molecule has 0 saturated carbocycles. The maximum Gasteiger partial charge on any atom is 0.321 e. The molecule has 2 amide bonds. The summed E-state index contributed by atoms with van der Waals surface area (Å²) in [6.07, 6.45) is 0. The van der Waals surface area contributed by atoms with Crippen LogP contribution in [0.4, 0.5) is 9.93 Å². The van der Waals surface area contributed by atoms with Crippen LogP contribution in [-0.2, 0) is 4.74 Å². The Morgan fingerprint density at radius 1 is 1.45 bits per heavy atom. The number of carbonyl (C=O) groups is 1. The molecule has 1 aromatic carbocycles. The zero-order chi connectivity index (χ0) is 14.5. The van der Waals surface area contributed by atoms with Gasteiger partial charge in [0.05, 0.1) is 16.8 Å². The molecular weight excluding hydrogens is 274 g/mol. The highest BCUT2D eigenvalue weighted by Crippen LogP contribution is 2.31. The van der Waals surface area contributed by atoms with Crippen LogP contribution >= 0.6 is 11.3 Å². The Morgan fingerprint density at radius 2 is 2.25 bits per heavy atom. The molecule has 0 unspecified atom stereocenters. The summed E-state index contributed by atoms with van der Waals surface area (Å²) in [5, 5.41) is 6.08. The van der Waals surface area contributed by atoms with Crippen LogP contribution in [0.1, 0.15) is 25.3 Å². The van der Waals surface area contributed by atoms with Crippen molar-refractivity contribution in [3.05, 3.63) is 23.8 Å². The van der Waals surface area contributed by atoms with Gasteiger partial charge in [0.2, 0.25) is 0 Å². The van der Waals surface area contributed by atoms with E-state index in [0.29, 0.717) is 24.2 Å². The van der Waals surface area contributed by atoms with E-state index in [-0.39, 0.29) is 6.03 Å². The first-order valence-corrected chi connectivity index (χ1v) is 7.36. The SMILES string of the molecule is COCCNC(=O)Nc1nc2c(C(C)C)cccc2s1. The van der Waals surface area contributed by atoms with Gasteiger partial charge in [-0.3, -0.25) is 5.32 Å². The lowest BCUT2D eigenvalue weighted by Crippen LogP contribution is -2.31. The number of thiazole rings is 1. The van der Waals surface area contributed by atoms with Crippen molar-refractivity contribution in [3.63, 3.8) is 0 Å². The number of urea groups is 1. The van der Waals surface area contributed by atoms with E-state index in [9.17, 15) is 4.79 Å². The number of ether oxygens (including phenoxy) is 1. The second-order valence-corrected chi connectivity index (χ2v) is 5.77. The minimum absolute atomic E-state index is 0.257. The molecule has 1 aromatic heterocycles. The van der Waals surface area contributed by atoms with E-state index in [1.54, 1.807) is 7.11 Å². The van der Waals surface area contributed by atoms with E-state index in [1.165, 1.54) is 16.9 Å². The van der Waals surface area contributed by atoms with Gasteiger partial charge in [0, 0.05) is 13.7 Å². The Morgan fingerprint density at radius 3 is 2.95 bits per heavy atom. The number of aromatic nitrogens is 1. The van der Waals surface area contributed by atoms with Crippen molar-refractivity contribution in [2.45, 2.75) is 19.8 Å². The fourth-order valence-corrected chi connectivity index (χ4v) is 2.79. The maximum atomic E-state index is 11.7. The molecule has 0 saturated heterocycles. The Kier molecular flexibility index (Phi) is 4.92. The summed E-state index contributed by atoms with van der Waals surface area (Å²) < 4.78 is 5.96. The highest BCUT2D eigenvalue weighted by atomic mass is 32.1. The van der Waals surface area contributed by atoms with Crippen molar-refractivity contribution < 1.29 is 9.53 Å². The zero-order valence-corrected chi connectivity index (χ0v) is 12.7. The van der Waals surface area contributed by atoms with Crippen LogP contribution < -0.4 is 10.6 Å². The summed E-state index contributed by atoms with van der Waals surface area (Å²) in [5.74, 6) is 0.407. The Labute approximate surface area is 122 Å². The van der Waals surface area contributed by atoms with Gasteiger partial charge in [-0.2, -0.15) is 0 Å². The number of fused-ring (bicyclic) bond motifs is 1. The molecule has 0 radical (unpaired) electrons. The van der Waals surface area contributed by atoms with E-state index in [4.69, 9.17) is 4.74 Å². The monoisotopic (exact) mass is 293 g/mol. The first-order valence-electron chi connectivity index (χ1n) is 6.55. The number of hydrogen-bond donors (Lipinski definition) is 2. The average Bonchev–Trinajstić information content (AvgIpc) is 2.80. The zero-order valence-electron chi connectivity index (χ0n) is 11.9. The molecule has 0 aliphatic heterocycles. The minimum atomic E-state index is -0.257. The van der Waals surface area contributed by atoms with Crippen molar-refractivity contribution in [2.24, 2.45) is 0 Å². The van der Waals surface area contributed by atoms with Crippen molar-refractivity contribution >= 4 is 32.7 Å². The number of anilines is 1. The van der Waals surface area contributed by atoms with Gasteiger partial charge in [0.15, 0.2) is 5.13 Å². The van der Waals surface area contributed by atoms with Gasteiger partial charge in [-0.05, 0) is 17.5 Å². The molecule has 0 bridgehead atoms. The van der Waals surface area contributed by atoms with Crippen LogP contribution in [0.5, 0.6) is 0 Å². The molecule has 0 aliphatic carbocycles. The fraction of sp³-hybridized carbons (Fsp3) is 0.429. The molecule has 5 nitrogen and oxygen atoms in total. The summed E-state index contributed by atoms with van der Waals surface area (Å²) in [7, 11) is 1.60. The van der Waals surface area contributed by atoms with Crippen molar-refractivity contribution in [3.8, 4) is 0 Å². The largest absolute Gasteiger partial charge is 0.383 e. The summed E-state index contributed by atoms with van der Waals surface area (Å²) in [6, 6.07) is 5.87. The highest BCUT2D eigenvalue weighted by Gasteiger charge is 2.11. The van der Waals surface area contributed by atoms with Crippen LogP contribution in [0.3, 0.4) is 0 Å². The third-order valence-electron chi connectivity index (χ3n) is 2.88. The van der Waals surface area contributed by atoms with Gasteiger partial charge in [-0.15, -0.1) is 0 Å². The smallest absolute Gasteiger partial charge is 0.321 e. The molecule has 0 atom stereocenters. The normalized spacial score (nSPS) is 11.0. The predicted molar refractivity (Wildman–Crippen MR) is 82.6 cm³/mol. The Balaban J connectivity index is 2.12. The number of para-hydroxylation sites is 1. The molecule has 1 heterocycles. The molecule has 0 spiro atoms. The standard InChI is InChI=1S/C14H19N3O2S/c1-9(2)10-5-4-6-11-12(10)16-14(20-11)17-13(18)15-7-8-19-3/h4-6,9H,7-8H2,1-3H3,(H2,15,16,17,18). The third-order valence-corrected chi connectivity index (χ3v) is 3.82. The second kappa shape index (κ2) is 6.67. The van der Waals surface area contributed by atoms with E-state index in [1.807, 2.05) is 12.1 Å². The molecule has 2 N–H and O–H groups in total. The van der Waals surface area contributed by atoms with Crippen LogP contribution in [0.2, 0.25) is 0 Å². The molecule has 108 valence electrons. The van der Waals surface area contributed by atoms with E-state index in [2.05, 4.69) is 35.5 Å². The average molecular weight is 293 g/mol. The summed E-state index contributed by atoms with van der Waals surface area (Å²) in [6.45, 7) is 5.24. The molecule has 2 rings (SSSR count). The van der Waals surface area contributed by atoms with Gasteiger partial charge in [0.1, 0.15) is 0 Å². The number of hydrogen-bond acceptors (Lipinski definition) is 4. The van der Waals surface area contributed by atoms with Crippen LogP contribution in [0, 0.1) is 0 Å². The number of methoxy groups -OCH3 is 1. The van der Waals surface area contributed by atoms with Crippen molar-refractivity contribution in [2.75, 3.05) is 25.6 Å². The number of nitrogens with zero attached hydrogens (tertiary/aromatic N) is 1. The topological polar surface area (TPSA) is 63.2 Å². The fourth-order valence-electron chi connectivity index (χ4n) is 1.90. The third kappa shape index (κ3) is 3.46. The molecule has 2 aromatic rings. The summed E-state index contributed by atoms with van der Waals surface area (Å²) in [4.78, 5) is 16.2. The Hall–Kier alpha value is -1.66. The molecular formula is C14H19N3O2S. The number of nitrogens with one attached hydrogen (secondary N) is 2. The van der Waals surface area contributed by atoms with Gasteiger partial charge < -0.3 is 10.1 Å². The highest BCUT2D eigenvalue weighted by molar-refractivity contribution is 7.22. The number of rotatable bonds is 5. The van der Waals surface area contributed by atoms with Crippen LogP contribution in [0.15, 0.2) is 18.2 Å². The predicted octanol–water partition coefficient (Wildman–Crippen LogP) is 3.19. The first kappa shape index (κ1) is 14.7. The molecule has 0 aliphatic rings. The van der Waals surface area contributed by atoms with Crippen molar-refractivity contribution in [1.29, 1.82) is 0 Å². The summed E-state index contributed by atoms with van der Waals surface area (Å²) in [5.41, 5.74) is 2.17. The number of benzene rings is 1. The number of amides is 2. The maximum absolute atomic E-state index is 11.7. The van der Waals surface area contributed by atoms with Crippen LogP contribution in [0.25, 0.3) is 10.2 Å². The van der Waals surface area contributed by atoms with Gasteiger partial charge in [-0.1, -0.05) is 37.3 Å². The summed E-state index contributed by atoms with van der Waals surface area (Å²) >= 11 is 1.48. The number of carbonyl (C=O) groups excluding carboxylic acids is 1. The second-order valence-electron chi connectivity index (χ2n) is 4.74.